The van der Waals surface area contributed by atoms with Crippen molar-refractivity contribution >= 4 is 60.3 Å². The smallest absolute Gasteiger partial charge is 0.165 e. The standard InChI is InChI=1S/C30H18N4/c1-2-9-19(10-3-1)33-23-14-6-4-11-20(23)27-25(33)16-17-26-28(27)21-12-8-18-31-29(21)30-32-22-13-5-7-15-24(22)34(26)30/h1-18H. The van der Waals surface area contributed by atoms with Gasteiger partial charge >= 0.3 is 0 Å². The van der Waals surface area contributed by atoms with Gasteiger partial charge < -0.3 is 4.57 Å². The fourth-order valence-corrected chi connectivity index (χ4v) is 5.58. The van der Waals surface area contributed by atoms with Gasteiger partial charge in [-0.25, -0.2) is 4.98 Å². The van der Waals surface area contributed by atoms with Crippen LogP contribution in [0.1, 0.15) is 0 Å². The molecule has 8 rings (SSSR count). The number of pyridine rings is 2. The molecule has 0 spiro atoms. The third kappa shape index (κ3) is 2.17. The molecule has 0 amide bonds. The molecule has 0 fully saturated rings. The van der Waals surface area contributed by atoms with Crippen LogP contribution in [0.3, 0.4) is 0 Å². The van der Waals surface area contributed by atoms with Crippen LogP contribution in [0.5, 0.6) is 0 Å². The second-order valence-corrected chi connectivity index (χ2v) is 8.70. The van der Waals surface area contributed by atoms with E-state index >= 15 is 0 Å². The van der Waals surface area contributed by atoms with E-state index in [1.165, 1.54) is 27.2 Å². The number of benzene rings is 4. The van der Waals surface area contributed by atoms with Crippen molar-refractivity contribution in [1.29, 1.82) is 0 Å². The minimum atomic E-state index is 0.899. The molecular formula is C30H18N4. The van der Waals surface area contributed by atoms with Crippen molar-refractivity contribution < 1.29 is 0 Å². The Labute approximate surface area is 194 Å². The Kier molecular flexibility index (Phi) is 3.36. The van der Waals surface area contributed by atoms with E-state index in [0.717, 1.165) is 38.8 Å². The molecular weight excluding hydrogens is 416 g/mol. The lowest BCUT2D eigenvalue weighted by Gasteiger charge is -2.11. The summed E-state index contributed by atoms with van der Waals surface area (Å²) in [6.45, 7) is 0. The van der Waals surface area contributed by atoms with Gasteiger partial charge in [0.15, 0.2) is 5.65 Å². The highest BCUT2D eigenvalue weighted by Gasteiger charge is 2.20. The number of hydrogen-bond acceptors (Lipinski definition) is 2. The molecule has 4 heterocycles. The quantitative estimate of drug-likeness (QED) is 0.254. The van der Waals surface area contributed by atoms with Crippen LogP contribution in [0.25, 0.3) is 66.0 Å². The summed E-state index contributed by atoms with van der Waals surface area (Å²) in [5, 5.41) is 4.82. The van der Waals surface area contributed by atoms with Gasteiger partial charge in [-0.2, -0.15) is 0 Å². The monoisotopic (exact) mass is 434 g/mol. The largest absolute Gasteiger partial charge is 0.309 e. The topological polar surface area (TPSA) is 35.1 Å². The van der Waals surface area contributed by atoms with Crippen LogP contribution in [-0.2, 0) is 0 Å². The first-order chi connectivity index (χ1) is 16.9. The molecule has 4 heteroatoms. The second-order valence-electron chi connectivity index (χ2n) is 8.70. The maximum Gasteiger partial charge on any atom is 0.165 e. The average molecular weight is 435 g/mol. The summed E-state index contributed by atoms with van der Waals surface area (Å²) in [5.74, 6) is 0. The molecule has 0 N–H and O–H groups in total. The van der Waals surface area contributed by atoms with Gasteiger partial charge in [0.25, 0.3) is 0 Å². The highest BCUT2D eigenvalue weighted by Crippen LogP contribution is 2.41. The Morgan fingerprint density at radius 2 is 1.24 bits per heavy atom. The summed E-state index contributed by atoms with van der Waals surface area (Å²) in [5.41, 5.74) is 8.59. The van der Waals surface area contributed by atoms with Crippen molar-refractivity contribution in [3.8, 4) is 5.69 Å². The zero-order valence-corrected chi connectivity index (χ0v) is 18.2. The van der Waals surface area contributed by atoms with Gasteiger partial charge in [0.05, 0.1) is 27.6 Å². The first-order valence-corrected chi connectivity index (χ1v) is 11.5. The van der Waals surface area contributed by atoms with E-state index in [1.54, 1.807) is 0 Å². The number of fused-ring (bicyclic) bond motifs is 12. The lowest BCUT2D eigenvalue weighted by molar-refractivity contribution is 1.18. The van der Waals surface area contributed by atoms with Crippen LogP contribution < -0.4 is 0 Å². The molecule has 0 unspecified atom stereocenters. The van der Waals surface area contributed by atoms with E-state index in [9.17, 15) is 0 Å². The number of rotatable bonds is 1. The van der Waals surface area contributed by atoms with Crippen LogP contribution >= 0.6 is 0 Å². The number of hydrogen-bond donors (Lipinski definition) is 0. The summed E-state index contributed by atoms with van der Waals surface area (Å²) in [6.07, 6.45) is 1.86. The molecule has 0 aliphatic carbocycles. The summed E-state index contributed by atoms with van der Waals surface area (Å²) < 4.78 is 4.64. The fraction of sp³-hybridized carbons (Fsp3) is 0. The Balaban J connectivity index is 1.72. The van der Waals surface area contributed by atoms with Gasteiger partial charge in [-0.1, -0.05) is 54.6 Å². The van der Waals surface area contributed by atoms with Crippen LogP contribution in [0.2, 0.25) is 0 Å². The maximum absolute atomic E-state index is 4.98. The second kappa shape index (κ2) is 6.42. The minimum Gasteiger partial charge on any atom is -0.309 e. The molecule has 0 aliphatic heterocycles. The lowest BCUT2D eigenvalue weighted by atomic mass is 10.0. The Hall–Kier alpha value is -4.70. The average Bonchev–Trinajstić information content (AvgIpc) is 3.46. The predicted molar refractivity (Wildman–Crippen MR) is 140 cm³/mol. The Morgan fingerprint density at radius 3 is 2.15 bits per heavy atom. The maximum atomic E-state index is 4.98. The highest BCUT2D eigenvalue weighted by atomic mass is 15.0. The van der Waals surface area contributed by atoms with Crippen molar-refractivity contribution in [3.63, 3.8) is 0 Å². The molecule has 0 saturated heterocycles. The fourth-order valence-electron chi connectivity index (χ4n) is 5.58. The predicted octanol–water partition coefficient (Wildman–Crippen LogP) is 7.29. The van der Waals surface area contributed by atoms with Crippen LogP contribution in [0.4, 0.5) is 0 Å². The van der Waals surface area contributed by atoms with Crippen molar-refractivity contribution in [2.75, 3.05) is 0 Å². The summed E-state index contributed by atoms with van der Waals surface area (Å²) >= 11 is 0. The lowest BCUT2D eigenvalue weighted by Crippen LogP contribution is -1.95. The summed E-state index contributed by atoms with van der Waals surface area (Å²) in [6, 6.07) is 36.3. The third-order valence-corrected chi connectivity index (χ3v) is 6.92. The Bertz CT molecular complexity index is 2060. The van der Waals surface area contributed by atoms with Gasteiger partial charge in [0, 0.05) is 33.4 Å². The van der Waals surface area contributed by atoms with Crippen molar-refractivity contribution in [2.24, 2.45) is 0 Å². The van der Waals surface area contributed by atoms with E-state index in [-0.39, 0.29) is 0 Å². The molecule has 0 aliphatic rings. The molecule has 34 heavy (non-hydrogen) atoms. The van der Waals surface area contributed by atoms with Gasteiger partial charge in [0.1, 0.15) is 5.52 Å². The molecule has 0 atom stereocenters. The molecule has 0 radical (unpaired) electrons. The molecule has 0 saturated carbocycles. The molecule has 0 bridgehead atoms. The third-order valence-electron chi connectivity index (χ3n) is 6.92. The zero-order chi connectivity index (χ0) is 22.2. The summed E-state index contributed by atoms with van der Waals surface area (Å²) in [7, 11) is 0. The van der Waals surface area contributed by atoms with E-state index in [2.05, 4.69) is 100.0 Å². The normalized spacial score (nSPS) is 12.1. The van der Waals surface area contributed by atoms with Gasteiger partial charge in [-0.15, -0.1) is 0 Å². The van der Waals surface area contributed by atoms with Crippen molar-refractivity contribution in [1.82, 2.24) is 18.9 Å². The zero-order valence-electron chi connectivity index (χ0n) is 18.2. The minimum absolute atomic E-state index is 0.899. The van der Waals surface area contributed by atoms with E-state index < -0.39 is 0 Å². The Morgan fingerprint density at radius 1 is 0.529 bits per heavy atom. The number of aromatic nitrogens is 4. The van der Waals surface area contributed by atoms with Crippen LogP contribution in [0, 0.1) is 0 Å². The van der Waals surface area contributed by atoms with Gasteiger partial charge in [-0.3, -0.25) is 9.38 Å². The van der Waals surface area contributed by atoms with Gasteiger partial charge in [0.2, 0.25) is 0 Å². The van der Waals surface area contributed by atoms with Crippen molar-refractivity contribution in [2.45, 2.75) is 0 Å². The van der Waals surface area contributed by atoms with E-state index in [0.29, 0.717) is 0 Å². The first-order valence-electron chi connectivity index (χ1n) is 11.5. The van der Waals surface area contributed by atoms with E-state index in [4.69, 9.17) is 9.97 Å². The molecule has 4 aromatic carbocycles. The molecule has 158 valence electrons. The van der Waals surface area contributed by atoms with Crippen LogP contribution in [-0.4, -0.2) is 18.9 Å². The first kappa shape index (κ1) is 17.8. The summed E-state index contributed by atoms with van der Waals surface area (Å²) in [4.78, 5) is 9.80. The number of nitrogens with zero attached hydrogens (tertiary/aromatic N) is 4. The highest BCUT2D eigenvalue weighted by molar-refractivity contribution is 6.29. The van der Waals surface area contributed by atoms with Crippen molar-refractivity contribution in [3.05, 3.63) is 109 Å². The molecule has 4 aromatic heterocycles. The molecule has 8 aromatic rings. The number of para-hydroxylation sites is 4. The molecule has 4 nitrogen and oxygen atoms in total. The SMILES string of the molecule is c1ccc(-n2c3ccccc3c3c4c5cccnc5c5nc6ccccc6n5c4ccc32)cc1. The van der Waals surface area contributed by atoms with Gasteiger partial charge in [-0.05, 0) is 48.5 Å². The van der Waals surface area contributed by atoms with E-state index in [1.807, 2.05) is 18.3 Å². The van der Waals surface area contributed by atoms with Crippen LogP contribution in [0.15, 0.2) is 109 Å². The number of imidazole rings is 1.